The lowest BCUT2D eigenvalue weighted by Crippen LogP contribution is -2.23. The third-order valence-corrected chi connectivity index (χ3v) is 3.69. The molecule has 6 heteroatoms. The maximum Gasteiger partial charge on any atom is 0.343 e. The van der Waals surface area contributed by atoms with Crippen LogP contribution in [-0.4, -0.2) is 43.0 Å². The molecule has 0 aromatic heterocycles. The van der Waals surface area contributed by atoms with Crippen molar-refractivity contribution in [3.8, 4) is 11.5 Å². The molecule has 6 nitrogen and oxygen atoms in total. The van der Waals surface area contributed by atoms with E-state index in [1.165, 1.54) is 7.11 Å². The number of methoxy groups -OCH3 is 1. The van der Waals surface area contributed by atoms with E-state index in [-0.39, 0.29) is 12.4 Å². The largest absolute Gasteiger partial charge is 0.508 e. The lowest BCUT2D eigenvalue weighted by Gasteiger charge is -2.12. The molecule has 1 atom stereocenters. The van der Waals surface area contributed by atoms with Gasteiger partial charge in [-0.1, -0.05) is 24.3 Å². The Bertz CT molecular complexity index is 672. The van der Waals surface area contributed by atoms with Crippen molar-refractivity contribution >= 4 is 5.97 Å². The Hall–Kier alpha value is -2.57. The Morgan fingerprint density at radius 1 is 1.20 bits per heavy atom. The normalized spacial score (nSPS) is 11.8. The molecule has 0 aliphatic carbocycles. The molecule has 25 heavy (non-hydrogen) atoms. The molecule has 2 aromatic rings. The van der Waals surface area contributed by atoms with Crippen LogP contribution in [0.4, 0.5) is 0 Å². The number of hydrogen-bond donors (Lipinski definition) is 3. The van der Waals surface area contributed by atoms with Gasteiger partial charge < -0.3 is 25.0 Å². The van der Waals surface area contributed by atoms with Crippen LogP contribution in [0.25, 0.3) is 0 Å². The number of esters is 1. The van der Waals surface area contributed by atoms with Gasteiger partial charge in [-0.15, -0.1) is 0 Å². The number of phenols is 1. The first-order chi connectivity index (χ1) is 12.1. The molecule has 0 saturated carbocycles. The minimum Gasteiger partial charge on any atom is -0.508 e. The van der Waals surface area contributed by atoms with E-state index in [1.807, 2.05) is 12.1 Å². The third kappa shape index (κ3) is 6.45. The van der Waals surface area contributed by atoms with Crippen molar-refractivity contribution in [3.05, 3.63) is 59.7 Å². The van der Waals surface area contributed by atoms with Gasteiger partial charge >= 0.3 is 5.97 Å². The molecule has 0 amide bonds. The molecule has 0 unspecified atom stereocenters. The molecule has 0 bridgehead atoms. The number of carbonyl (C=O) groups excluding carboxylic acids is 1. The number of aromatic hydroxyl groups is 1. The summed E-state index contributed by atoms with van der Waals surface area (Å²) in [5.41, 5.74) is 1.80. The van der Waals surface area contributed by atoms with Crippen LogP contribution in [-0.2, 0) is 16.0 Å². The lowest BCUT2D eigenvalue weighted by molar-refractivity contribution is -0.142. The Balaban J connectivity index is 1.70. The predicted molar refractivity (Wildman–Crippen MR) is 93.6 cm³/mol. The molecule has 2 rings (SSSR count). The minimum atomic E-state index is -0.666. The first kappa shape index (κ1) is 18.8. The summed E-state index contributed by atoms with van der Waals surface area (Å²) >= 11 is 0. The second-order valence-corrected chi connectivity index (χ2v) is 5.57. The Morgan fingerprint density at radius 2 is 1.96 bits per heavy atom. The molecule has 0 heterocycles. The number of phenolic OH excluding ortho intramolecular Hbond substituents is 1. The van der Waals surface area contributed by atoms with E-state index < -0.39 is 12.1 Å². The summed E-state index contributed by atoms with van der Waals surface area (Å²) < 4.78 is 9.80. The van der Waals surface area contributed by atoms with Crippen LogP contribution in [0.2, 0.25) is 0 Å². The van der Waals surface area contributed by atoms with Gasteiger partial charge in [-0.25, -0.2) is 4.79 Å². The van der Waals surface area contributed by atoms with Crippen molar-refractivity contribution in [1.82, 2.24) is 5.32 Å². The molecule has 134 valence electrons. The molecule has 0 saturated heterocycles. The van der Waals surface area contributed by atoms with Crippen molar-refractivity contribution < 1.29 is 24.5 Å². The molecule has 3 N–H and O–H groups in total. The SMILES string of the molecule is COC(=O)COc1ccc(CCNC[C@H](O)c2cccc(O)c2)cc1. The quantitative estimate of drug-likeness (QED) is 0.475. The van der Waals surface area contributed by atoms with Crippen molar-refractivity contribution in [2.24, 2.45) is 0 Å². The molecular formula is C19H23NO5. The number of aliphatic hydroxyl groups is 1. The fourth-order valence-electron chi connectivity index (χ4n) is 2.27. The number of rotatable bonds is 9. The van der Waals surface area contributed by atoms with Gasteiger partial charge in [0, 0.05) is 6.54 Å². The average molecular weight is 345 g/mol. The van der Waals surface area contributed by atoms with E-state index in [9.17, 15) is 15.0 Å². The zero-order valence-corrected chi connectivity index (χ0v) is 14.1. The lowest BCUT2D eigenvalue weighted by atomic mass is 10.1. The maximum absolute atomic E-state index is 11.0. The third-order valence-electron chi connectivity index (χ3n) is 3.69. The van der Waals surface area contributed by atoms with Gasteiger partial charge in [0.15, 0.2) is 6.61 Å². The van der Waals surface area contributed by atoms with Crippen LogP contribution in [0.5, 0.6) is 11.5 Å². The van der Waals surface area contributed by atoms with E-state index in [0.29, 0.717) is 24.4 Å². The summed E-state index contributed by atoms with van der Waals surface area (Å²) in [5, 5.41) is 22.7. The minimum absolute atomic E-state index is 0.107. The Labute approximate surface area is 147 Å². The number of ether oxygens (including phenoxy) is 2. The Morgan fingerprint density at radius 3 is 2.64 bits per heavy atom. The van der Waals surface area contributed by atoms with Crippen LogP contribution < -0.4 is 10.1 Å². The van der Waals surface area contributed by atoms with Gasteiger partial charge in [0.2, 0.25) is 0 Å². The second-order valence-electron chi connectivity index (χ2n) is 5.57. The zero-order chi connectivity index (χ0) is 18.1. The van der Waals surface area contributed by atoms with Crippen molar-refractivity contribution in [2.75, 3.05) is 26.8 Å². The highest BCUT2D eigenvalue weighted by Gasteiger charge is 2.07. The number of aliphatic hydroxyl groups excluding tert-OH is 1. The molecule has 0 fully saturated rings. The molecule has 0 spiro atoms. The molecule has 0 radical (unpaired) electrons. The van der Waals surface area contributed by atoms with Gasteiger partial charge in [0.05, 0.1) is 13.2 Å². The van der Waals surface area contributed by atoms with Gasteiger partial charge in [-0.05, 0) is 48.4 Å². The fraction of sp³-hybridized carbons (Fsp3) is 0.316. The summed E-state index contributed by atoms with van der Waals surface area (Å²) in [6, 6.07) is 14.1. The molecule has 0 aliphatic rings. The number of benzene rings is 2. The van der Waals surface area contributed by atoms with E-state index in [1.54, 1.807) is 36.4 Å². The van der Waals surface area contributed by atoms with Crippen molar-refractivity contribution in [1.29, 1.82) is 0 Å². The molecule has 2 aromatic carbocycles. The van der Waals surface area contributed by atoms with Gasteiger partial charge in [0.1, 0.15) is 11.5 Å². The van der Waals surface area contributed by atoms with Gasteiger partial charge in [-0.3, -0.25) is 0 Å². The fourth-order valence-corrected chi connectivity index (χ4v) is 2.27. The second kappa shape index (κ2) is 9.66. The van der Waals surface area contributed by atoms with E-state index in [2.05, 4.69) is 10.1 Å². The number of nitrogens with one attached hydrogen (secondary N) is 1. The van der Waals surface area contributed by atoms with Crippen LogP contribution in [0.15, 0.2) is 48.5 Å². The topological polar surface area (TPSA) is 88.0 Å². The summed E-state index contributed by atoms with van der Waals surface area (Å²) in [6.45, 7) is 1.01. The van der Waals surface area contributed by atoms with E-state index in [4.69, 9.17) is 4.74 Å². The standard InChI is InChI=1S/C19H23NO5/c1-24-19(23)13-25-17-7-5-14(6-8-17)9-10-20-12-18(22)15-3-2-4-16(21)11-15/h2-8,11,18,20-22H,9-10,12-13H2,1H3/t18-/m0/s1. The Kier molecular flexibility index (Phi) is 7.25. The van der Waals surface area contributed by atoms with Crippen LogP contribution in [0.1, 0.15) is 17.2 Å². The summed E-state index contributed by atoms with van der Waals surface area (Å²) in [4.78, 5) is 11.0. The predicted octanol–water partition coefficient (Wildman–Crippen LogP) is 1.81. The highest BCUT2D eigenvalue weighted by molar-refractivity contribution is 5.70. The first-order valence-electron chi connectivity index (χ1n) is 8.04. The smallest absolute Gasteiger partial charge is 0.343 e. The van der Waals surface area contributed by atoms with E-state index in [0.717, 1.165) is 12.0 Å². The highest BCUT2D eigenvalue weighted by Crippen LogP contribution is 2.17. The van der Waals surface area contributed by atoms with E-state index >= 15 is 0 Å². The van der Waals surface area contributed by atoms with Crippen LogP contribution in [0, 0.1) is 0 Å². The number of carbonyl (C=O) groups is 1. The maximum atomic E-state index is 11.0. The molecular weight excluding hydrogens is 322 g/mol. The average Bonchev–Trinajstić information content (AvgIpc) is 2.64. The monoisotopic (exact) mass is 345 g/mol. The summed E-state index contributed by atoms with van der Waals surface area (Å²) in [7, 11) is 1.32. The van der Waals surface area contributed by atoms with Gasteiger partial charge in [-0.2, -0.15) is 0 Å². The highest BCUT2D eigenvalue weighted by atomic mass is 16.6. The summed E-state index contributed by atoms with van der Waals surface area (Å²) in [5.74, 6) is 0.339. The van der Waals surface area contributed by atoms with Crippen molar-refractivity contribution in [3.63, 3.8) is 0 Å². The van der Waals surface area contributed by atoms with Crippen LogP contribution in [0.3, 0.4) is 0 Å². The molecule has 0 aliphatic heterocycles. The summed E-state index contributed by atoms with van der Waals surface area (Å²) in [6.07, 6.45) is 0.130. The van der Waals surface area contributed by atoms with Crippen LogP contribution >= 0.6 is 0 Å². The number of hydrogen-bond acceptors (Lipinski definition) is 6. The zero-order valence-electron chi connectivity index (χ0n) is 14.1. The van der Waals surface area contributed by atoms with Gasteiger partial charge in [0.25, 0.3) is 0 Å². The first-order valence-corrected chi connectivity index (χ1v) is 8.04. The van der Waals surface area contributed by atoms with Crippen molar-refractivity contribution in [2.45, 2.75) is 12.5 Å².